The van der Waals surface area contributed by atoms with Crippen molar-refractivity contribution in [3.05, 3.63) is 11.6 Å². The van der Waals surface area contributed by atoms with E-state index in [0.29, 0.717) is 12.1 Å². The Balaban J connectivity index is 2.05. The van der Waals surface area contributed by atoms with Crippen molar-refractivity contribution in [3.8, 4) is 0 Å². The first-order valence-corrected chi connectivity index (χ1v) is 8.25. The third-order valence-corrected chi connectivity index (χ3v) is 5.00. The zero-order valence-electron chi connectivity index (χ0n) is 12.8. The molecule has 0 aromatic rings. The maximum absolute atomic E-state index is 5.93. The highest BCUT2D eigenvalue weighted by Gasteiger charge is 2.31. The van der Waals surface area contributed by atoms with Crippen LogP contribution >= 0.6 is 0 Å². The standard InChI is InChI=1S/C17H31NO/c1-18-16(14-10-6-3-4-7-11-14)17(19-2)15-12-8-5-9-13-15/h10,15-18H,3-9,11-13H2,1-2H3. The van der Waals surface area contributed by atoms with Crippen LogP contribution in [0.2, 0.25) is 0 Å². The molecule has 2 heteroatoms. The minimum absolute atomic E-state index is 0.370. The highest BCUT2D eigenvalue weighted by Crippen LogP contribution is 2.32. The van der Waals surface area contributed by atoms with Crippen molar-refractivity contribution in [2.75, 3.05) is 14.2 Å². The van der Waals surface area contributed by atoms with Gasteiger partial charge in [0, 0.05) is 7.11 Å². The summed E-state index contributed by atoms with van der Waals surface area (Å²) in [5.74, 6) is 0.750. The van der Waals surface area contributed by atoms with E-state index in [0.717, 1.165) is 5.92 Å². The Bertz CT molecular complexity index is 281. The van der Waals surface area contributed by atoms with Gasteiger partial charge in [0.2, 0.25) is 0 Å². The molecule has 0 amide bonds. The Kier molecular flexibility index (Phi) is 6.39. The Morgan fingerprint density at radius 1 is 1.11 bits per heavy atom. The summed E-state index contributed by atoms with van der Waals surface area (Å²) >= 11 is 0. The number of rotatable bonds is 5. The van der Waals surface area contributed by atoms with Crippen LogP contribution < -0.4 is 5.32 Å². The molecule has 2 aliphatic carbocycles. The van der Waals surface area contributed by atoms with Crippen LogP contribution in [0.25, 0.3) is 0 Å². The molecule has 0 aromatic carbocycles. The Labute approximate surface area is 119 Å². The second-order valence-corrected chi connectivity index (χ2v) is 6.24. The quantitative estimate of drug-likeness (QED) is 0.757. The van der Waals surface area contributed by atoms with Crippen molar-refractivity contribution in [1.29, 1.82) is 0 Å². The smallest absolute Gasteiger partial charge is 0.0790 e. The highest BCUT2D eigenvalue weighted by atomic mass is 16.5. The number of methoxy groups -OCH3 is 1. The zero-order chi connectivity index (χ0) is 13.5. The van der Waals surface area contributed by atoms with Gasteiger partial charge in [0.1, 0.15) is 0 Å². The SMILES string of the molecule is CNC(C1=CCCCCC1)C(OC)C1CCCCC1. The average Bonchev–Trinajstić information content (AvgIpc) is 2.74. The van der Waals surface area contributed by atoms with Crippen LogP contribution in [0, 0.1) is 5.92 Å². The molecule has 1 fully saturated rings. The molecular formula is C17H31NO. The van der Waals surface area contributed by atoms with Gasteiger partial charge in [0.15, 0.2) is 0 Å². The fraction of sp³-hybridized carbons (Fsp3) is 0.882. The summed E-state index contributed by atoms with van der Waals surface area (Å²) in [6.07, 6.45) is 16.4. The molecule has 0 saturated heterocycles. The summed E-state index contributed by atoms with van der Waals surface area (Å²) in [5, 5.41) is 3.55. The zero-order valence-corrected chi connectivity index (χ0v) is 12.8. The molecule has 110 valence electrons. The van der Waals surface area contributed by atoms with Crippen LogP contribution in [0.4, 0.5) is 0 Å². The number of hydrogen-bond donors (Lipinski definition) is 1. The summed E-state index contributed by atoms with van der Waals surface area (Å²) in [5.41, 5.74) is 1.61. The van der Waals surface area contributed by atoms with Crippen LogP contribution in [0.3, 0.4) is 0 Å². The first-order chi connectivity index (χ1) is 9.36. The lowest BCUT2D eigenvalue weighted by Gasteiger charge is -2.36. The number of hydrogen-bond acceptors (Lipinski definition) is 2. The molecule has 2 aliphatic rings. The highest BCUT2D eigenvalue weighted by molar-refractivity contribution is 5.15. The van der Waals surface area contributed by atoms with Crippen LogP contribution in [0.1, 0.15) is 64.2 Å². The molecule has 1 N–H and O–H groups in total. The number of ether oxygens (including phenoxy) is 1. The van der Waals surface area contributed by atoms with Gasteiger partial charge >= 0.3 is 0 Å². The molecule has 19 heavy (non-hydrogen) atoms. The maximum atomic E-state index is 5.93. The van der Waals surface area contributed by atoms with E-state index < -0.39 is 0 Å². The van der Waals surface area contributed by atoms with E-state index in [4.69, 9.17) is 4.74 Å². The molecule has 0 bridgehead atoms. The molecule has 2 nitrogen and oxygen atoms in total. The molecule has 2 unspecified atom stereocenters. The topological polar surface area (TPSA) is 21.3 Å². The third kappa shape index (κ3) is 4.06. The van der Waals surface area contributed by atoms with Gasteiger partial charge < -0.3 is 10.1 Å². The Morgan fingerprint density at radius 3 is 2.53 bits per heavy atom. The third-order valence-electron chi connectivity index (χ3n) is 5.00. The fourth-order valence-electron chi connectivity index (χ4n) is 3.95. The molecule has 0 heterocycles. The van der Waals surface area contributed by atoms with Crippen molar-refractivity contribution >= 4 is 0 Å². The van der Waals surface area contributed by atoms with E-state index in [-0.39, 0.29) is 0 Å². The monoisotopic (exact) mass is 265 g/mol. The minimum Gasteiger partial charge on any atom is -0.379 e. The van der Waals surface area contributed by atoms with Gasteiger partial charge in [-0.05, 0) is 51.5 Å². The van der Waals surface area contributed by atoms with E-state index in [1.165, 1.54) is 64.2 Å². The molecule has 2 rings (SSSR count). The van der Waals surface area contributed by atoms with E-state index >= 15 is 0 Å². The number of allylic oxidation sites excluding steroid dienone is 1. The van der Waals surface area contributed by atoms with Crippen LogP contribution in [0.15, 0.2) is 11.6 Å². The van der Waals surface area contributed by atoms with E-state index in [2.05, 4.69) is 18.4 Å². The van der Waals surface area contributed by atoms with E-state index in [9.17, 15) is 0 Å². The number of nitrogens with one attached hydrogen (secondary N) is 1. The normalized spacial score (nSPS) is 25.5. The first-order valence-electron chi connectivity index (χ1n) is 8.25. The molecule has 0 radical (unpaired) electrons. The van der Waals surface area contributed by atoms with E-state index in [1.54, 1.807) is 5.57 Å². The Morgan fingerprint density at radius 2 is 1.84 bits per heavy atom. The largest absolute Gasteiger partial charge is 0.379 e. The summed E-state index contributed by atoms with van der Waals surface area (Å²) in [7, 11) is 4.01. The van der Waals surface area contributed by atoms with Gasteiger partial charge in [0.05, 0.1) is 12.1 Å². The second kappa shape index (κ2) is 8.06. The fourth-order valence-corrected chi connectivity index (χ4v) is 3.95. The lowest BCUT2D eigenvalue weighted by Crippen LogP contribution is -2.45. The van der Waals surface area contributed by atoms with Crippen molar-refractivity contribution in [2.45, 2.75) is 76.4 Å². The summed E-state index contributed by atoms with van der Waals surface area (Å²) in [6.45, 7) is 0. The predicted octanol–water partition coefficient (Wildman–Crippen LogP) is 4.06. The van der Waals surface area contributed by atoms with Crippen LogP contribution in [-0.4, -0.2) is 26.3 Å². The summed E-state index contributed by atoms with van der Waals surface area (Å²) in [4.78, 5) is 0. The predicted molar refractivity (Wildman–Crippen MR) is 81.4 cm³/mol. The lowest BCUT2D eigenvalue weighted by molar-refractivity contribution is 0.0179. The summed E-state index contributed by atoms with van der Waals surface area (Å²) in [6, 6.07) is 0.436. The van der Waals surface area contributed by atoms with Gasteiger partial charge in [-0.15, -0.1) is 0 Å². The van der Waals surface area contributed by atoms with Crippen LogP contribution in [-0.2, 0) is 4.74 Å². The van der Waals surface area contributed by atoms with E-state index in [1.807, 2.05) is 7.11 Å². The van der Waals surface area contributed by atoms with Crippen molar-refractivity contribution in [2.24, 2.45) is 5.92 Å². The van der Waals surface area contributed by atoms with Crippen molar-refractivity contribution < 1.29 is 4.74 Å². The van der Waals surface area contributed by atoms with Crippen molar-refractivity contribution in [1.82, 2.24) is 5.32 Å². The van der Waals surface area contributed by atoms with Gasteiger partial charge in [-0.3, -0.25) is 0 Å². The number of likely N-dealkylation sites (N-methyl/N-ethyl adjacent to an activating group) is 1. The van der Waals surface area contributed by atoms with Gasteiger partial charge in [-0.1, -0.05) is 37.3 Å². The first kappa shape index (κ1) is 15.1. The molecular weight excluding hydrogens is 234 g/mol. The molecule has 0 aliphatic heterocycles. The minimum atomic E-state index is 0.370. The van der Waals surface area contributed by atoms with Gasteiger partial charge in [-0.2, -0.15) is 0 Å². The Hall–Kier alpha value is -0.340. The van der Waals surface area contributed by atoms with Crippen LogP contribution in [0.5, 0.6) is 0 Å². The molecule has 2 atom stereocenters. The maximum Gasteiger partial charge on any atom is 0.0790 e. The average molecular weight is 265 g/mol. The van der Waals surface area contributed by atoms with Gasteiger partial charge in [-0.25, -0.2) is 0 Å². The molecule has 0 spiro atoms. The van der Waals surface area contributed by atoms with Crippen molar-refractivity contribution in [3.63, 3.8) is 0 Å². The molecule has 0 aromatic heterocycles. The second-order valence-electron chi connectivity index (χ2n) is 6.24. The van der Waals surface area contributed by atoms with Gasteiger partial charge in [0.25, 0.3) is 0 Å². The summed E-state index contributed by atoms with van der Waals surface area (Å²) < 4.78 is 5.93. The lowest BCUT2D eigenvalue weighted by atomic mass is 9.80. The molecule has 1 saturated carbocycles.